The van der Waals surface area contributed by atoms with Crippen molar-refractivity contribution < 1.29 is 19.1 Å². The van der Waals surface area contributed by atoms with Gasteiger partial charge < -0.3 is 19.7 Å². The quantitative estimate of drug-likeness (QED) is 0.578. The van der Waals surface area contributed by atoms with E-state index in [1.54, 1.807) is 31.2 Å². The maximum atomic E-state index is 13.3. The van der Waals surface area contributed by atoms with Gasteiger partial charge in [-0.05, 0) is 43.9 Å². The molecule has 0 aliphatic carbocycles. The fourth-order valence-electron chi connectivity index (χ4n) is 4.62. The van der Waals surface area contributed by atoms with E-state index in [1.165, 1.54) is 0 Å². The van der Waals surface area contributed by atoms with Crippen LogP contribution < -0.4 is 20.5 Å². The highest BCUT2D eigenvalue weighted by molar-refractivity contribution is 5.98. The second-order valence-electron chi connectivity index (χ2n) is 8.68. The fraction of sp³-hybridized carbons (Fsp3) is 0.480. The van der Waals surface area contributed by atoms with Crippen LogP contribution >= 0.6 is 0 Å². The SMILES string of the molecule is CCCOc1ccc(C2c3c(nc(N4CCCC(C(=O)OCC)C4)[nH]c3=O)NC(=O)C2C#N)cc1. The molecule has 3 unspecified atom stereocenters. The van der Waals surface area contributed by atoms with Gasteiger partial charge in [0.1, 0.15) is 17.5 Å². The first-order valence-electron chi connectivity index (χ1n) is 12.0. The van der Waals surface area contributed by atoms with Gasteiger partial charge in [0.15, 0.2) is 0 Å². The number of amides is 1. The Kier molecular flexibility index (Phi) is 7.34. The average molecular weight is 480 g/mol. The summed E-state index contributed by atoms with van der Waals surface area (Å²) in [4.78, 5) is 47.5. The molecular formula is C25H29N5O5. The number of piperidine rings is 1. The van der Waals surface area contributed by atoms with Gasteiger partial charge in [-0.1, -0.05) is 19.1 Å². The van der Waals surface area contributed by atoms with Gasteiger partial charge in [-0.25, -0.2) is 0 Å². The van der Waals surface area contributed by atoms with Gasteiger partial charge in [0.25, 0.3) is 5.56 Å². The number of nitriles is 1. The second kappa shape index (κ2) is 10.6. The normalized spacial score (nSPS) is 21.5. The van der Waals surface area contributed by atoms with Gasteiger partial charge in [0, 0.05) is 19.0 Å². The third kappa shape index (κ3) is 4.99. The Hall–Kier alpha value is -3.87. The van der Waals surface area contributed by atoms with Gasteiger partial charge in [-0.3, -0.25) is 19.4 Å². The lowest BCUT2D eigenvalue weighted by molar-refractivity contribution is -0.148. The monoisotopic (exact) mass is 479 g/mol. The number of rotatable bonds is 7. The molecule has 1 aromatic heterocycles. The van der Waals surface area contributed by atoms with Gasteiger partial charge in [-0.2, -0.15) is 10.2 Å². The van der Waals surface area contributed by atoms with E-state index in [0.717, 1.165) is 12.8 Å². The Morgan fingerprint density at radius 1 is 1.26 bits per heavy atom. The van der Waals surface area contributed by atoms with Gasteiger partial charge in [-0.15, -0.1) is 0 Å². The molecule has 1 amide bonds. The number of H-pyrrole nitrogens is 1. The fourth-order valence-corrected chi connectivity index (χ4v) is 4.62. The van der Waals surface area contributed by atoms with Gasteiger partial charge in [0.05, 0.1) is 30.8 Å². The number of fused-ring (bicyclic) bond motifs is 1. The number of hydrogen-bond acceptors (Lipinski definition) is 8. The molecule has 10 heteroatoms. The van der Waals surface area contributed by atoms with Crippen LogP contribution in [0.25, 0.3) is 0 Å². The smallest absolute Gasteiger partial charge is 0.310 e. The molecule has 1 aromatic carbocycles. The molecule has 10 nitrogen and oxygen atoms in total. The summed E-state index contributed by atoms with van der Waals surface area (Å²) in [5, 5.41) is 12.4. The number of anilines is 2. The first-order valence-corrected chi connectivity index (χ1v) is 12.0. The largest absolute Gasteiger partial charge is 0.494 e. The molecule has 2 aliphatic rings. The molecule has 35 heavy (non-hydrogen) atoms. The van der Waals surface area contributed by atoms with E-state index in [2.05, 4.69) is 15.3 Å². The van der Waals surface area contributed by atoms with Crippen molar-refractivity contribution >= 4 is 23.6 Å². The summed E-state index contributed by atoms with van der Waals surface area (Å²) < 4.78 is 10.8. The molecule has 184 valence electrons. The molecule has 0 bridgehead atoms. The van der Waals surface area contributed by atoms with Crippen molar-refractivity contribution in [2.75, 3.05) is 36.5 Å². The van der Waals surface area contributed by atoms with E-state index >= 15 is 0 Å². The Bertz CT molecular complexity index is 1190. The van der Waals surface area contributed by atoms with Crippen molar-refractivity contribution in [1.29, 1.82) is 5.26 Å². The third-order valence-electron chi connectivity index (χ3n) is 6.30. The van der Waals surface area contributed by atoms with E-state index in [1.807, 2.05) is 17.9 Å². The number of ether oxygens (including phenoxy) is 2. The molecule has 1 saturated heterocycles. The number of carbonyl (C=O) groups is 2. The standard InChI is InChI=1S/C25H29N5O5/c1-3-12-35-17-9-7-15(8-10-17)19-18(13-26)22(31)27-21-20(19)23(32)29-25(28-21)30-11-5-6-16(14-30)24(33)34-4-2/h7-10,16,18-19H,3-6,11-12,14H2,1-2H3,(H2,27,28,29,31,32). The number of nitrogens with one attached hydrogen (secondary N) is 2. The van der Waals surface area contributed by atoms with Crippen LogP contribution in [0.4, 0.5) is 11.8 Å². The molecule has 3 atom stereocenters. The maximum Gasteiger partial charge on any atom is 0.310 e. The predicted molar refractivity (Wildman–Crippen MR) is 128 cm³/mol. The van der Waals surface area contributed by atoms with Crippen LogP contribution in [0.3, 0.4) is 0 Å². The lowest BCUT2D eigenvalue weighted by atomic mass is 9.79. The highest BCUT2D eigenvalue weighted by Gasteiger charge is 2.40. The van der Waals surface area contributed by atoms with Crippen LogP contribution in [-0.2, 0) is 14.3 Å². The maximum absolute atomic E-state index is 13.3. The Morgan fingerprint density at radius 3 is 2.71 bits per heavy atom. The molecule has 2 aliphatic heterocycles. The molecular weight excluding hydrogens is 450 g/mol. The van der Waals surface area contributed by atoms with Crippen LogP contribution in [0.2, 0.25) is 0 Å². The molecule has 4 rings (SSSR count). The lowest BCUT2D eigenvalue weighted by Gasteiger charge is -2.33. The molecule has 0 radical (unpaired) electrons. The van der Waals surface area contributed by atoms with Crippen molar-refractivity contribution in [1.82, 2.24) is 9.97 Å². The number of hydrogen-bond donors (Lipinski definition) is 2. The van der Waals surface area contributed by atoms with Crippen molar-refractivity contribution in [3.63, 3.8) is 0 Å². The summed E-state index contributed by atoms with van der Waals surface area (Å²) in [5.41, 5.74) is 0.456. The summed E-state index contributed by atoms with van der Waals surface area (Å²) in [5.74, 6) is -1.87. The van der Waals surface area contributed by atoms with Gasteiger partial charge in [0.2, 0.25) is 11.9 Å². The third-order valence-corrected chi connectivity index (χ3v) is 6.30. The first-order chi connectivity index (χ1) is 17.0. The number of nitrogens with zero attached hydrogens (tertiary/aromatic N) is 3. The Balaban J connectivity index is 1.68. The molecule has 2 aromatic rings. The van der Waals surface area contributed by atoms with Crippen LogP contribution in [-0.4, -0.2) is 48.1 Å². The molecule has 2 N–H and O–H groups in total. The average Bonchev–Trinajstić information content (AvgIpc) is 2.87. The van der Waals surface area contributed by atoms with Crippen molar-refractivity contribution in [2.45, 2.75) is 39.0 Å². The number of benzene rings is 1. The number of carbonyl (C=O) groups excluding carboxylic acids is 2. The minimum absolute atomic E-state index is 0.134. The van der Waals surface area contributed by atoms with Gasteiger partial charge >= 0.3 is 5.97 Å². The molecule has 3 heterocycles. The minimum Gasteiger partial charge on any atom is -0.494 e. The van der Waals surface area contributed by atoms with Crippen LogP contribution in [0.15, 0.2) is 29.1 Å². The minimum atomic E-state index is -1.08. The zero-order chi connectivity index (χ0) is 24.9. The molecule has 0 spiro atoms. The van der Waals surface area contributed by atoms with E-state index in [4.69, 9.17) is 9.47 Å². The summed E-state index contributed by atoms with van der Waals surface area (Å²) in [7, 11) is 0. The molecule has 1 fully saturated rings. The Morgan fingerprint density at radius 2 is 2.03 bits per heavy atom. The summed E-state index contributed by atoms with van der Waals surface area (Å²) in [6.45, 7) is 5.63. The first kappa shape index (κ1) is 24.3. The van der Waals surface area contributed by atoms with E-state index < -0.39 is 23.3 Å². The van der Waals surface area contributed by atoms with Crippen LogP contribution in [0, 0.1) is 23.2 Å². The zero-order valence-electron chi connectivity index (χ0n) is 19.9. The van der Waals surface area contributed by atoms with Crippen molar-refractivity contribution in [3.05, 3.63) is 45.7 Å². The highest BCUT2D eigenvalue weighted by Crippen LogP contribution is 2.38. The van der Waals surface area contributed by atoms with E-state index in [9.17, 15) is 19.6 Å². The van der Waals surface area contributed by atoms with Crippen LogP contribution in [0.5, 0.6) is 5.75 Å². The number of aromatic amines is 1. The van der Waals surface area contributed by atoms with Crippen molar-refractivity contribution in [2.24, 2.45) is 11.8 Å². The number of aromatic nitrogens is 2. The summed E-state index contributed by atoms with van der Waals surface area (Å²) in [6, 6.07) is 9.12. The summed E-state index contributed by atoms with van der Waals surface area (Å²) >= 11 is 0. The Labute approximate surface area is 203 Å². The summed E-state index contributed by atoms with van der Waals surface area (Å²) in [6.07, 6.45) is 2.31. The topological polar surface area (TPSA) is 137 Å². The van der Waals surface area contributed by atoms with E-state index in [-0.39, 0.29) is 29.2 Å². The number of esters is 1. The lowest BCUT2D eigenvalue weighted by Crippen LogP contribution is -2.43. The van der Waals surface area contributed by atoms with Crippen LogP contribution in [0.1, 0.15) is 50.2 Å². The van der Waals surface area contributed by atoms with Crippen molar-refractivity contribution in [3.8, 4) is 11.8 Å². The second-order valence-corrected chi connectivity index (χ2v) is 8.68. The molecule has 0 saturated carbocycles. The predicted octanol–water partition coefficient (Wildman–Crippen LogP) is 2.56. The van der Waals surface area contributed by atoms with E-state index in [0.29, 0.717) is 44.0 Å². The zero-order valence-corrected chi connectivity index (χ0v) is 19.9. The highest BCUT2D eigenvalue weighted by atomic mass is 16.5.